The lowest BCUT2D eigenvalue weighted by molar-refractivity contribution is 0.486. The minimum absolute atomic E-state index is 0.274. The zero-order chi connectivity index (χ0) is 14.9. The van der Waals surface area contributed by atoms with E-state index >= 15 is 0 Å². The van der Waals surface area contributed by atoms with E-state index in [0.29, 0.717) is 34.3 Å². The van der Waals surface area contributed by atoms with Crippen LogP contribution in [0.5, 0.6) is 0 Å². The topological polar surface area (TPSA) is 37.4 Å². The van der Waals surface area contributed by atoms with Crippen LogP contribution in [0.25, 0.3) is 5.70 Å². The molecule has 2 rings (SSSR count). The standard InChI is InChI=1S/C15H16ClNO2S/c1-4-8-17(9-5-2)15-11(3)20(18,19)14-10-12(16)6-7-13(14)15/h4-7,10H,1-2,8-9H2,3H3. The highest BCUT2D eigenvalue weighted by atomic mass is 35.5. The minimum Gasteiger partial charge on any atom is -0.363 e. The highest BCUT2D eigenvalue weighted by molar-refractivity contribution is 7.95. The van der Waals surface area contributed by atoms with E-state index in [4.69, 9.17) is 11.6 Å². The highest BCUT2D eigenvalue weighted by Crippen LogP contribution is 2.41. The average molecular weight is 310 g/mol. The van der Waals surface area contributed by atoms with Crippen LogP contribution in [0, 0.1) is 0 Å². The Morgan fingerprint density at radius 2 is 1.85 bits per heavy atom. The molecule has 0 fully saturated rings. The Hall–Kier alpha value is -1.52. The number of sulfone groups is 1. The second-order valence-electron chi connectivity index (χ2n) is 4.53. The summed E-state index contributed by atoms with van der Waals surface area (Å²) in [6.07, 6.45) is 3.48. The molecule has 0 saturated carbocycles. The SMILES string of the molecule is C=CCN(CC=C)C1=C(C)S(=O)(=O)c2cc(Cl)ccc21. The summed E-state index contributed by atoms with van der Waals surface area (Å²) in [5.41, 5.74) is 1.40. The summed E-state index contributed by atoms with van der Waals surface area (Å²) in [6, 6.07) is 4.96. The zero-order valence-electron chi connectivity index (χ0n) is 11.3. The Morgan fingerprint density at radius 1 is 1.25 bits per heavy atom. The molecule has 1 aliphatic rings. The molecule has 106 valence electrons. The van der Waals surface area contributed by atoms with Gasteiger partial charge in [0.25, 0.3) is 0 Å². The molecule has 20 heavy (non-hydrogen) atoms. The van der Waals surface area contributed by atoms with E-state index in [9.17, 15) is 8.42 Å². The van der Waals surface area contributed by atoms with Crippen molar-refractivity contribution in [3.63, 3.8) is 0 Å². The number of hydrogen-bond acceptors (Lipinski definition) is 3. The van der Waals surface area contributed by atoms with Crippen molar-refractivity contribution in [2.24, 2.45) is 0 Å². The van der Waals surface area contributed by atoms with Crippen molar-refractivity contribution in [3.05, 3.63) is 59.0 Å². The van der Waals surface area contributed by atoms with Gasteiger partial charge in [0.2, 0.25) is 9.84 Å². The lowest BCUT2D eigenvalue weighted by Gasteiger charge is -2.24. The molecule has 0 radical (unpaired) electrons. The van der Waals surface area contributed by atoms with Crippen LogP contribution in [0.2, 0.25) is 5.02 Å². The van der Waals surface area contributed by atoms with Gasteiger partial charge in [0.1, 0.15) is 0 Å². The molecule has 5 heteroatoms. The molecule has 3 nitrogen and oxygen atoms in total. The fourth-order valence-corrected chi connectivity index (χ4v) is 4.15. The third-order valence-corrected chi connectivity index (χ3v) is 5.39. The van der Waals surface area contributed by atoms with Crippen LogP contribution < -0.4 is 0 Å². The van der Waals surface area contributed by atoms with E-state index in [1.54, 1.807) is 31.2 Å². The van der Waals surface area contributed by atoms with E-state index in [2.05, 4.69) is 13.2 Å². The normalized spacial score (nSPS) is 15.9. The van der Waals surface area contributed by atoms with Gasteiger partial charge in [0.15, 0.2) is 0 Å². The smallest absolute Gasteiger partial charge is 0.205 e. The third kappa shape index (κ3) is 2.30. The number of allylic oxidation sites excluding steroid dienone is 1. The van der Waals surface area contributed by atoms with Crippen LogP contribution in [-0.2, 0) is 9.84 Å². The van der Waals surface area contributed by atoms with Crippen molar-refractivity contribution in [2.75, 3.05) is 13.1 Å². The number of hydrogen-bond donors (Lipinski definition) is 0. The average Bonchev–Trinajstić information content (AvgIpc) is 2.58. The summed E-state index contributed by atoms with van der Waals surface area (Å²) in [5, 5.41) is 0.417. The number of benzene rings is 1. The Bertz CT molecular complexity index is 695. The summed E-state index contributed by atoms with van der Waals surface area (Å²) < 4.78 is 24.9. The quantitative estimate of drug-likeness (QED) is 0.781. The summed E-state index contributed by atoms with van der Waals surface area (Å²) in [5.74, 6) is 0. The molecule has 1 aromatic rings. The van der Waals surface area contributed by atoms with Crippen molar-refractivity contribution >= 4 is 27.1 Å². The van der Waals surface area contributed by atoms with E-state index in [1.165, 1.54) is 6.07 Å². The molecule has 1 aliphatic heterocycles. The molecule has 0 aromatic heterocycles. The molecule has 0 N–H and O–H groups in total. The molecule has 0 aliphatic carbocycles. The van der Waals surface area contributed by atoms with Gasteiger partial charge < -0.3 is 4.90 Å². The predicted molar refractivity (Wildman–Crippen MR) is 83.2 cm³/mol. The first-order valence-corrected chi connectivity index (χ1v) is 8.02. The lowest BCUT2D eigenvalue weighted by atomic mass is 10.1. The third-order valence-electron chi connectivity index (χ3n) is 3.24. The van der Waals surface area contributed by atoms with E-state index in [0.717, 1.165) is 0 Å². The zero-order valence-corrected chi connectivity index (χ0v) is 12.8. The van der Waals surface area contributed by atoms with Gasteiger partial charge >= 0.3 is 0 Å². The molecule has 1 aromatic carbocycles. The van der Waals surface area contributed by atoms with Crippen LogP contribution in [0.1, 0.15) is 12.5 Å². The Labute approximate surface area is 124 Å². The maximum Gasteiger partial charge on any atom is 0.205 e. The predicted octanol–water partition coefficient (Wildman–Crippen LogP) is 3.49. The van der Waals surface area contributed by atoms with Gasteiger partial charge in [-0.05, 0) is 19.1 Å². The highest BCUT2D eigenvalue weighted by Gasteiger charge is 2.35. The number of fused-ring (bicyclic) bond motifs is 1. The number of halogens is 1. The van der Waals surface area contributed by atoms with E-state index in [-0.39, 0.29) is 4.90 Å². The minimum atomic E-state index is -3.45. The monoisotopic (exact) mass is 309 g/mol. The maximum absolute atomic E-state index is 12.5. The Balaban J connectivity index is 2.67. The van der Waals surface area contributed by atoms with Crippen LogP contribution in [-0.4, -0.2) is 26.4 Å². The molecular formula is C15H16ClNO2S. The molecule has 0 atom stereocenters. The molecule has 0 saturated heterocycles. The molecule has 0 bridgehead atoms. The summed E-state index contributed by atoms with van der Waals surface area (Å²) in [7, 11) is -3.45. The van der Waals surface area contributed by atoms with Gasteiger partial charge in [0.05, 0.1) is 15.5 Å². The second kappa shape index (κ2) is 5.46. The maximum atomic E-state index is 12.5. The molecule has 0 unspecified atom stereocenters. The fourth-order valence-electron chi connectivity index (χ4n) is 2.36. The van der Waals surface area contributed by atoms with Crippen LogP contribution >= 0.6 is 11.6 Å². The van der Waals surface area contributed by atoms with Gasteiger partial charge in [-0.25, -0.2) is 8.42 Å². The van der Waals surface area contributed by atoms with Gasteiger partial charge in [0, 0.05) is 23.7 Å². The van der Waals surface area contributed by atoms with Crippen molar-refractivity contribution in [1.29, 1.82) is 0 Å². The molecule has 0 spiro atoms. The van der Waals surface area contributed by atoms with E-state index < -0.39 is 9.84 Å². The lowest BCUT2D eigenvalue weighted by Crippen LogP contribution is -2.22. The van der Waals surface area contributed by atoms with Gasteiger partial charge in [-0.3, -0.25) is 0 Å². The van der Waals surface area contributed by atoms with E-state index in [1.807, 2.05) is 4.90 Å². The first kappa shape index (κ1) is 14.9. The fraction of sp³-hybridized carbons (Fsp3) is 0.200. The number of rotatable bonds is 5. The Kier molecular flexibility index (Phi) is 4.06. The van der Waals surface area contributed by atoms with Crippen molar-refractivity contribution in [3.8, 4) is 0 Å². The summed E-state index contributed by atoms with van der Waals surface area (Å²) >= 11 is 5.92. The van der Waals surface area contributed by atoms with Crippen LogP contribution in [0.4, 0.5) is 0 Å². The summed E-state index contributed by atoms with van der Waals surface area (Å²) in [4.78, 5) is 2.56. The first-order chi connectivity index (χ1) is 9.43. The Morgan fingerprint density at radius 3 is 2.40 bits per heavy atom. The molecule has 1 heterocycles. The largest absolute Gasteiger partial charge is 0.363 e. The van der Waals surface area contributed by atoms with Gasteiger partial charge in [-0.2, -0.15) is 0 Å². The van der Waals surface area contributed by atoms with Crippen LogP contribution in [0.15, 0.2) is 53.3 Å². The van der Waals surface area contributed by atoms with Gasteiger partial charge in [-0.1, -0.05) is 29.8 Å². The van der Waals surface area contributed by atoms with Gasteiger partial charge in [-0.15, -0.1) is 13.2 Å². The molecular weight excluding hydrogens is 294 g/mol. The number of nitrogens with zero attached hydrogens (tertiary/aromatic N) is 1. The first-order valence-electron chi connectivity index (χ1n) is 6.16. The second-order valence-corrected chi connectivity index (χ2v) is 7.03. The van der Waals surface area contributed by atoms with Crippen molar-refractivity contribution in [1.82, 2.24) is 4.90 Å². The van der Waals surface area contributed by atoms with Crippen molar-refractivity contribution < 1.29 is 8.42 Å². The summed E-state index contributed by atoms with van der Waals surface area (Å²) in [6.45, 7) is 10.2. The van der Waals surface area contributed by atoms with Crippen molar-refractivity contribution in [2.45, 2.75) is 11.8 Å². The molecule has 0 amide bonds. The van der Waals surface area contributed by atoms with Crippen LogP contribution in [0.3, 0.4) is 0 Å².